The van der Waals surface area contributed by atoms with Gasteiger partial charge in [-0.1, -0.05) is 0 Å². The Hall–Kier alpha value is -2.00. The van der Waals surface area contributed by atoms with E-state index in [9.17, 15) is 23.3 Å². The maximum atomic E-state index is 12.3. The molecule has 108 valence electrons. The van der Waals surface area contributed by atoms with Crippen LogP contribution in [-0.4, -0.2) is 41.8 Å². The molecule has 1 aliphatic heterocycles. The van der Waals surface area contributed by atoms with Gasteiger partial charge in [0.05, 0.1) is 15.4 Å². The minimum atomic E-state index is -3.93. The first-order chi connectivity index (χ1) is 9.34. The van der Waals surface area contributed by atoms with Crippen LogP contribution in [0.15, 0.2) is 23.1 Å². The van der Waals surface area contributed by atoms with Gasteiger partial charge in [-0.3, -0.25) is 10.1 Å². The number of hydrogen-bond acceptors (Lipinski definition) is 5. The number of nitro groups is 1. The van der Waals surface area contributed by atoms with E-state index in [2.05, 4.69) is 0 Å². The molecule has 1 aromatic rings. The molecule has 0 aliphatic carbocycles. The zero-order valence-electron chi connectivity index (χ0n) is 10.4. The lowest BCUT2D eigenvalue weighted by atomic mass is 10.2. The Morgan fingerprint density at radius 1 is 1.30 bits per heavy atom. The number of aromatic carboxylic acids is 1. The Kier molecular flexibility index (Phi) is 3.73. The van der Waals surface area contributed by atoms with Gasteiger partial charge in [-0.15, -0.1) is 0 Å². The lowest BCUT2D eigenvalue weighted by molar-refractivity contribution is -0.384. The summed E-state index contributed by atoms with van der Waals surface area (Å²) in [5.74, 6) is -1.51. The fourth-order valence-corrected chi connectivity index (χ4v) is 3.77. The number of carbonyl (C=O) groups is 1. The predicted molar refractivity (Wildman–Crippen MR) is 68.0 cm³/mol. The molecule has 0 amide bonds. The highest BCUT2D eigenvalue weighted by Gasteiger charge is 2.32. The lowest BCUT2D eigenvalue weighted by Crippen LogP contribution is -2.29. The quantitative estimate of drug-likeness (QED) is 0.656. The van der Waals surface area contributed by atoms with Gasteiger partial charge in [0, 0.05) is 25.2 Å². The summed E-state index contributed by atoms with van der Waals surface area (Å²) >= 11 is 0. The van der Waals surface area contributed by atoms with E-state index >= 15 is 0 Å². The predicted octanol–water partition coefficient (Wildman–Crippen LogP) is 1.08. The monoisotopic (exact) mass is 300 g/mol. The van der Waals surface area contributed by atoms with Crippen LogP contribution < -0.4 is 0 Å². The third-order valence-corrected chi connectivity index (χ3v) is 5.04. The maximum Gasteiger partial charge on any atom is 0.337 e. The van der Waals surface area contributed by atoms with E-state index < -0.39 is 37.1 Å². The minimum Gasteiger partial charge on any atom is -0.478 e. The number of nitro benzene ring substituents is 1. The second-order valence-electron chi connectivity index (χ2n) is 4.35. The van der Waals surface area contributed by atoms with Gasteiger partial charge < -0.3 is 5.11 Å². The molecule has 0 aromatic heterocycles. The van der Waals surface area contributed by atoms with Gasteiger partial charge in [-0.05, 0) is 18.9 Å². The van der Waals surface area contributed by atoms with Crippen LogP contribution in [0.5, 0.6) is 0 Å². The maximum absolute atomic E-state index is 12.3. The van der Waals surface area contributed by atoms with Gasteiger partial charge in [0.15, 0.2) is 0 Å². The molecule has 0 saturated carbocycles. The fraction of sp³-hybridized carbons (Fsp3) is 0.364. The summed E-state index contributed by atoms with van der Waals surface area (Å²) in [7, 11) is -3.93. The molecule has 0 atom stereocenters. The molecule has 0 spiro atoms. The summed E-state index contributed by atoms with van der Waals surface area (Å²) in [6.45, 7) is 0.663. The van der Waals surface area contributed by atoms with Gasteiger partial charge in [0.1, 0.15) is 0 Å². The number of carboxylic acid groups (broad SMARTS) is 1. The Bertz CT molecular complexity index is 663. The van der Waals surface area contributed by atoms with Crippen LogP contribution in [0.3, 0.4) is 0 Å². The molecule has 0 radical (unpaired) electrons. The largest absolute Gasteiger partial charge is 0.478 e. The van der Waals surface area contributed by atoms with E-state index in [0.717, 1.165) is 18.2 Å². The molecule has 1 aliphatic rings. The first-order valence-corrected chi connectivity index (χ1v) is 7.30. The van der Waals surface area contributed by atoms with E-state index in [1.54, 1.807) is 0 Å². The minimum absolute atomic E-state index is 0.332. The first-order valence-electron chi connectivity index (χ1n) is 5.86. The Labute approximate surface area is 114 Å². The number of nitrogens with zero attached hydrogens (tertiary/aromatic N) is 2. The van der Waals surface area contributed by atoms with Crippen LogP contribution in [-0.2, 0) is 10.0 Å². The highest BCUT2D eigenvalue weighted by molar-refractivity contribution is 7.89. The molecule has 8 nitrogen and oxygen atoms in total. The summed E-state index contributed by atoms with van der Waals surface area (Å²) in [4.78, 5) is 20.6. The zero-order chi connectivity index (χ0) is 14.9. The third kappa shape index (κ3) is 2.49. The van der Waals surface area contributed by atoms with Crippen molar-refractivity contribution in [2.45, 2.75) is 17.7 Å². The van der Waals surface area contributed by atoms with Crippen LogP contribution >= 0.6 is 0 Å². The van der Waals surface area contributed by atoms with Crippen LogP contribution in [0.25, 0.3) is 0 Å². The molecule has 1 fully saturated rings. The molecule has 9 heteroatoms. The van der Waals surface area contributed by atoms with Gasteiger partial charge in [0.25, 0.3) is 5.69 Å². The molecule has 1 heterocycles. The topological polar surface area (TPSA) is 118 Å². The van der Waals surface area contributed by atoms with Gasteiger partial charge in [-0.2, -0.15) is 4.31 Å². The molecule has 0 bridgehead atoms. The van der Waals surface area contributed by atoms with Gasteiger partial charge in [0.2, 0.25) is 10.0 Å². The third-order valence-electron chi connectivity index (χ3n) is 3.09. The van der Waals surface area contributed by atoms with E-state index in [0.29, 0.717) is 25.9 Å². The highest BCUT2D eigenvalue weighted by atomic mass is 32.2. The first kappa shape index (κ1) is 14.4. The van der Waals surface area contributed by atoms with E-state index in [1.807, 2.05) is 0 Å². The molecule has 2 rings (SSSR count). The van der Waals surface area contributed by atoms with Crippen molar-refractivity contribution < 1.29 is 23.2 Å². The molecule has 1 N–H and O–H groups in total. The van der Waals surface area contributed by atoms with Crippen molar-refractivity contribution in [1.29, 1.82) is 0 Å². The number of carboxylic acids is 1. The van der Waals surface area contributed by atoms with Gasteiger partial charge >= 0.3 is 5.97 Å². The summed E-state index contributed by atoms with van der Waals surface area (Å²) in [6, 6.07) is 2.75. The van der Waals surface area contributed by atoms with Crippen LogP contribution in [0.2, 0.25) is 0 Å². The normalized spacial score (nSPS) is 16.2. The lowest BCUT2D eigenvalue weighted by Gasteiger charge is -2.16. The van der Waals surface area contributed by atoms with Crippen LogP contribution in [0, 0.1) is 10.1 Å². The number of sulfonamides is 1. The standard InChI is InChI=1S/C11H12N2O6S/c14-11(15)9-7-8(13(16)17)3-4-10(9)20(18,19)12-5-1-2-6-12/h3-4,7H,1-2,5-6H2,(H,14,15). The SMILES string of the molecule is O=C(O)c1cc([N+](=O)[O-])ccc1S(=O)(=O)N1CCCC1. The van der Waals surface area contributed by atoms with Crippen LogP contribution in [0.4, 0.5) is 5.69 Å². The smallest absolute Gasteiger partial charge is 0.337 e. The summed E-state index contributed by atoms with van der Waals surface area (Å²) in [5.41, 5.74) is -1.03. The van der Waals surface area contributed by atoms with Crippen molar-refractivity contribution in [1.82, 2.24) is 4.31 Å². The Morgan fingerprint density at radius 2 is 1.90 bits per heavy atom. The molecule has 20 heavy (non-hydrogen) atoms. The Morgan fingerprint density at radius 3 is 2.40 bits per heavy atom. The second-order valence-corrected chi connectivity index (χ2v) is 6.26. The molecular formula is C11H12N2O6S. The van der Waals surface area contributed by atoms with Crippen molar-refractivity contribution >= 4 is 21.7 Å². The van der Waals surface area contributed by atoms with Crippen molar-refractivity contribution in [2.75, 3.05) is 13.1 Å². The number of rotatable bonds is 4. The molecule has 0 unspecified atom stereocenters. The summed E-state index contributed by atoms with van der Waals surface area (Å²) < 4.78 is 25.9. The average molecular weight is 300 g/mol. The summed E-state index contributed by atoms with van der Waals surface area (Å²) in [6.07, 6.45) is 1.43. The number of non-ortho nitro benzene ring substituents is 1. The zero-order valence-corrected chi connectivity index (χ0v) is 11.2. The number of benzene rings is 1. The molecule has 1 aromatic carbocycles. The van der Waals surface area contributed by atoms with E-state index in [1.165, 1.54) is 4.31 Å². The molecule has 1 saturated heterocycles. The van der Waals surface area contributed by atoms with Crippen molar-refractivity contribution in [3.63, 3.8) is 0 Å². The van der Waals surface area contributed by atoms with Crippen molar-refractivity contribution in [3.05, 3.63) is 33.9 Å². The highest BCUT2D eigenvalue weighted by Crippen LogP contribution is 2.26. The summed E-state index contributed by atoms with van der Waals surface area (Å²) in [5, 5.41) is 19.7. The fourth-order valence-electron chi connectivity index (χ4n) is 2.09. The van der Waals surface area contributed by atoms with Gasteiger partial charge in [-0.25, -0.2) is 13.2 Å². The van der Waals surface area contributed by atoms with E-state index in [4.69, 9.17) is 5.11 Å². The second kappa shape index (κ2) is 5.17. The van der Waals surface area contributed by atoms with Crippen molar-refractivity contribution in [3.8, 4) is 0 Å². The average Bonchev–Trinajstić information content (AvgIpc) is 2.92. The number of hydrogen-bond donors (Lipinski definition) is 1. The van der Waals surface area contributed by atoms with Crippen molar-refractivity contribution in [2.24, 2.45) is 0 Å². The Balaban J connectivity index is 2.56. The van der Waals surface area contributed by atoms with E-state index in [-0.39, 0.29) is 0 Å². The molecular weight excluding hydrogens is 288 g/mol. The van der Waals surface area contributed by atoms with Crippen LogP contribution in [0.1, 0.15) is 23.2 Å².